The highest BCUT2D eigenvalue weighted by molar-refractivity contribution is 6.02. The fraction of sp³-hybridized carbons (Fsp3) is 0.286. The van der Waals surface area contributed by atoms with Crippen molar-refractivity contribution in [3.05, 3.63) is 77.4 Å². The molecule has 0 saturated heterocycles. The van der Waals surface area contributed by atoms with Crippen LogP contribution in [-0.4, -0.2) is 43.2 Å². The van der Waals surface area contributed by atoms with Crippen molar-refractivity contribution in [2.75, 3.05) is 26.2 Å². The number of carbonyl (C=O) groups excluding carboxylic acids is 2. The summed E-state index contributed by atoms with van der Waals surface area (Å²) in [5.74, 6) is 1.39. The molecular weight excluding hydrogens is 444 g/mol. The molecule has 35 heavy (non-hydrogen) atoms. The van der Waals surface area contributed by atoms with Gasteiger partial charge in [-0.1, -0.05) is 42.0 Å². The maximum absolute atomic E-state index is 13.2. The largest absolute Gasteiger partial charge is 0.454 e. The molecule has 2 N–H and O–H groups in total. The van der Waals surface area contributed by atoms with Crippen molar-refractivity contribution < 1.29 is 24.2 Å². The molecule has 7 heteroatoms. The van der Waals surface area contributed by atoms with Gasteiger partial charge in [-0.2, -0.15) is 0 Å². The zero-order valence-corrected chi connectivity index (χ0v) is 20.2. The number of aliphatic hydroxyl groups is 1. The number of fused-ring (bicyclic) bond motifs is 1. The first kappa shape index (κ1) is 24.3. The van der Waals surface area contributed by atoms with Gasteiger partial charge in [-0.25, -0.2) is 0 Å². The number of hydrogen-bond donors (Lipinski definition) is 2. The molecule has 1 saturated carbocycles. The average Bonchev–Trinajstić information content (AvgIpc) is 3.55. The van der Waals surface area contributed by atoms with Crippen molar-refractivity contribution in [1.82, 2.24) is 4.90 Å². The number of rotatable bonds is 6. The zero-order valence-electron chi connectivity index (χ0n) is 20.2. The van der Waals surface area contributed by atoms with Gasteiger partial charge in [0, 0.05) is 19.8 Å². The third kappa shape index (κ3) is 5.30. The van der Waals surface area contributed by atoms with E-state index >= 15 is 0 Å². The van der Waals surface area contributed by atoms with Crippen LogP contribution >= 0.6 is 0 Å². The van der Waals surface area contributed by atoms with Gasteiger partial charge in [0.15, 0.2) is 11.5 Å². The molecule has 1 aliphatic carbocycles. The number of aryl methyl sites for hydroxylation is 1. The molecule has 7 nitrogen and oxygen atoms in total. The van der Waals surface area contributed by atoms with Crippen molar-refractivity contribution in [1.29, 1.82) is 0 Å². The Hall–Kier alpha value is -3.84. The van der Waals surface area contributed by atoms with Gasteiger partial charge in [0.2, 0.25) is 19.1 Å². The lowest BCUT2D eigenvalue weighted by molar-refractivity contribution is -0.118. The first-order valence-electron chi connectivity index (χ1n) is 11.5. The summed E-state index contributed by atoms with van der Waals surface area (Å²) < 4.78 is 10.9. The maximum Gasteiger partial charge on any atom is 0.235 e. The van der Waals surface area contributed by atoms with E-state index in [1.165, 1.54) is 10.5 Å². The monoisotopic (exact) mass is 474 g/mol. The Morgan fingerprint density at radius 2 is 1.71 bits per heavy atom. The summed E-state index contributed by atoms with van der Waals surface area (Å²) in [7, 11) is 3.38. The van der Waals surface area contributed by atoms with Gasteiger partial charge in [-0.15, -0.1) is 0 Å². The Bertz CT molecular complexity index is 1220. The summed E-state index contributed by atoms with van der Waals surface area (Å²) in [6, 6.07) is 19.5. The quantitative estimate of drug-likeness (QED) is 0.522. The van der Waals surface area contributed by atoms with Gasteiger partial charge < -0.3 is 24.8 Å². The predicted octanol–water partition coefficient (Wildman–Crippen LogP) is 4.26. The van der Waals surface area contributed by atoms with Gasteiger partial charge in [0.25, 0.3) is 0 Å². The molecule has 0 atom stereocenters. The van der Waals surface area contributed by atoms with Crippen molar-refractivity contribution in [3.63, 3.8) is 0 Å². The summed E-state index contributed by atoms with van der Waals surface area (Å²) in [5, 5.41) is 12.9. The standard InChI is InChI=1S/C25H23NO4.C3H7NO/c1-16-2-4-17(5-3-16)21-13-20(8-6-18(21)14-27)26-24(28)25(10-11-25)19-7-9-22-23(12-19)30-15-29-22;1-4(2)3-5/h2-9,12-13,27H,10-11,14-15H2,1H3,(H,26,28);3H,1-2H3. The van der Waals surface area contributed by atoms with Crippen LogP contribution < -0.4 is 14.8 Å². The highest BCUT2D eigenvalue weighted by Crippen LogP contribution is 2.51. The lowest BCUT2D eigenvalue weighted by Crippen LogP contribution is -2.27. The minimum absolute atomic E-state index is 0.0204. The van der Waals surface area contributed by atoms with E-state index in [2.05, 4.69) is 5.32 Å². The van der Waals surface area contributed by atoms with Crippen LogP contribution in [0.5, 0.6) is 11.5 Å². The molecule has 0 radical (unpaired) electrons. The van der Waals surface area contributed by atoms with Gasteiger partial charge in [-0.05, 0) is 66.3 Å². The fourth-order valence-corrected chi connectivity index (χ4v) is 4.01. The van der Waals surface area contributed by atoms with Gasteiger partial charge in [0.05, 0.1) is 12.0 Å². The van der Waals surface area contributed by atoms with Crippen molar-refractivity contribution in [3.8, 4) is 22.6 Å². The molecule has 0 aromatic heterocycles. The number of nitrogens with zero attached hydrogens (tertiary/aromatic N) is 1. The van der Waals surface area contributed by atoms with E-state index in [-0.39, 0.29) is 19.3 Å². The third-order valence-corrected chi connectivity index (χ3v) is 6.22. The maximum atomic E-state index is 13.2. The lowest BCUT2D eigenvalue weighted by Gasteiger charge is -2.17. The van der Waals surface area contributed by atoms with E-state index in [4.69, 9.17) is 9.47 Å². The van der Waals surface area contributed by atoms with Crippen molar-refractivity contribution in [2.24, 2.45) is 0 Å². The average molecular weight is 475 g/mol. The van der Waals surface area contributed by atoms with Crippen LogP contribution in [0.2, 0.25) is 0 Å². The second kappa shape index (κ2) is 10.2. The fourth-order valence-electron chi connectivity index (χ4n) is 4.01. The minimum Gasteiger partial charge on any atom is -0.454 e. The molecule has 182 valence electrons. The number of ether oxygens (including phenoxy) is 2. The number of aliphatic hydroxyl groups excluding tert-OH is 1. The SMILES string of the molecule is CN(C)C=O.Cc1ccc(-c2cc(NC(=O)C3(c4ccc5c(c4)OCO5)CC3)ccc2CO)cc1. The molecule has 2 aliphatic rings. The van der Waals surface area contributed by atoms with E-state index in [0.717, 1.165) is 52.9 Å². The summed E-state index contributed by atoms with van der Waals surface area (Å²) >= 11 is 0. The van der Waals surface area contributed by atoms with Crippen molar-refractivity contribution in [2.45, 2.75) is 31.8 Å². The van der Waals surface area contributed by atoms with E-state index < -0.39 is 5.41 Å². The number of anilines is 1. The second-order valence-corrected chi connectivity index (χ2v) is 9.07. The molecule has 1 fully saturated rings. The zero-order chi connectivity index (χ0) is 25.0. The summed E-state index contributed by atoms with van der Waals surface area (Å²) in [6.07, 6.45) is 2.36. The first-order valence-corrected chi connectivity index (χ1v) is 11.5. The van der Waals surface area contributed by atoms with Crippen LogP contribution in [0.15, 0.2) is 60.7 Å². The Labute approximate surface area is 205 Å². The Morgan fingerprint density at radius 3 is 2.34 bits per heavy atom. The Kier molecular flexibility index (Phi) is 7.07. The van der Waals surface area contributed by atoms with E-state index in [1.54, 1.807) is 14.1 Å². The number of benzene rings is 3. The van der Waals surface area contributed by atoms with E-state index in [0.29, 0.717) is 5.75 Å². The van der Waals surface area contributed by atoms with E-state index in [9.17, 15) is 14.7 Å². The number of amides is 2. The Morgan fingerprint density at radius 1 is 1.03 bits per heavy atom. The normalized spacial score (nSPS) is 14.4. The molecule has 3 aromatic rings. The minimum atomic E-state index is -0.527. The summed E-state index contributed by atoms with van der Waals surface area (Å²) in [5.41, 5.74) is 5.08. The van der Waals surface area contributed by atoms with Crippen LogP contribution in [0, 0.1) is 6.92 Å². The van der Waals surface area contributed by atoms with Crippen LogP contribution in [0.1, 0.15) is 29.5 Å². The van der Waals surface area contributed by atoms with Crippen LogP contribution in [-0.2, 0) is 21.6 Å². The second-order valence-electron chi connectivity index (χ2n) is 9.07. The molecule has 0 unspecified atom stereocenters. The Balaban J connectivity index is 0.000000527. The molecule has 2 amide bonds. The van der Waals surface area contributed by atoms with Crippen LogP contribution in [0.3, 0.4) is 0 Å². The topological polar surface area (TPSA) is 88.1 Å². The molecule has 1 aliphatic heterocycles. The molecule has 1 heterocycles. The molecular formula is C28H30N2O5. The van der Waals surface area contributed by atoms with Crippen molar-refractivity contribution >= 4 is 18.0 Å². The molecule has 0 bridgehead atoms. The number of carbonyl (C=O) groups is 2. The molecule has 3 aromatic carbocycles. The molecule has 5 rings (SSSR count). The van der Waals surface area contributed by atoms with Crippen LogP contribution in [0.25, 0.3) is 11.1 Å². The number of hydrogen-bond acceptors (Lipinski definition) is 5. The predicted molar refractivity (Wildman–Crippen MR) is 134 cm³/mol. The highest BCUT2D eigenvalue weighted by Gasteiger charge is 2.51. The van der Waals surface area contributed by atoms with Gasteiger partial charge >= 0.3 is 0 Å². The summed E-state index contributed by atoms with van der Waals surface area (Å²) in [4.78, 5) is 24.1. The lowest BCUT2D eigenvalue weighted by atomic mass is 9.94. The first-order chi connectivity index (χ1) is 16.9. The number of nitrogens with one attached hydrogen (secondary N) is 1. The smallest absolute Gasteiger partial charge is 0.235 e. The molecule has 0 spiro atoms. The highest BCUT2D eigenvalue weighted by atomic mass is 16.7. The van der Waals surface area contributed by atoms with Gasteiger partial charge in [-0.3, -0.25) is 9.59 Å². The van der Waals surface area contributed by atoms with E-state index in [1.807, 2.05) is 67.6 Å². The van der Waals surface area contributed by atoms with Crippen LogP contribution in [0.4, 0.5) is 5.69 Å². The summed E-state index contributed by atoms with van der Waals surface area (Å²) in [6.45, 7) is 2.20. The third-order valence-electron chi connectivity index (χ3n) is 6.22. The van der Waals surface area contributed by atoms with Gasteiger partial charge in [0.1, 0.15) is 0 Å².